The van der Waals surface area contributed by atoms with Crippen molar-refractivity contribution < 1.29 is 41.4 Å². The highest BCUT2D eigenvalue weighted by atomic mass is 32.2. The Morgan fingerprint density at radius 2 is 1.76 bits per heavy atom. The second kappa shape index (κ2) is 11.0. The van der Waals surface area contributed by atoms with E-state index in [0.717, 1.165) is 22.5 Å². The van der Waals surface area contributed by atoms with Crippen LogP contribution in [0, 0.1) is 5.82 Å². The molecule has 0 spiro atoms. The van der Waals surface area contributed by atoms with E-state index in [9.17, 15) is 27.2 Å². The van der Waals surface area contributed by atoms with Gasteiger partial charge in [-0.05, 0) is 42.5 Å². The smallest absolute Gasteiger partial charge is 0.341 e. The summed E-state index contributed by atoms with van der Waals surface area (Å²) in [4.78, 5) is 35.8. The van der Waals surface area contributed by atoms with Gasteiger partial charge in [0.1, 0.15) is 11.6 Å². The second-order valence-electron chi connectivity index (χ2n) is 6.97. The van der Waals surface area contributed by atoms with E-state index in [1.165, 1.54) is 7.11 Å². The molecule has 1 saturated heterocycles. The number of benzene rings is 2. The lowest BCUT2D eigenvalue weighted by Crippen LogP contribution is -2.40. The number of nitrogens with zero attached hydrogens (tertiary/aromatic N) is 1. The number of urea groups is 1. The van der Waals surface area contributed by atoms with Crippen molar-refractivity contribution in [2.75, 3.05) is 45.3 Å². The standard InChI is InChI=1S/C21H22FN3O8S/c1-31-15-4-2-14(3-5-15)23-21(28)24-19(26)13-33-20(27)17-12-16(6-7-18(17)22)34(29,30)25-8-10-32-11-9-25/h2-7,12H,8-11,13H2,1H3,(H2,23,24,26,28). The highest BCUT2D eigenvalue weighted by Gasteiger charge is 2.28. The zero-order valence-corrected chi connectivity index (χ0v) is 18.9. The van der Waals surface area contributed by atoms with E-state index in [4.69, 9.17) is 14.2 Å². The van der Waals surface area contributed by atoms with Crippen molar-refractivity contribution in [2.45, 2.75) is 4.90 Å². The van der Waals surface area contributed by atoms with E-state index in [2.05, 4.69) is 5.32 Å². The van der Waals surface area contributed by atoms with Crippen molar-refractivity contribution in [3.8, 4) is 5.75 Å². The summed E-state index contributed by atoms with van der Waals surface area (Å²) in [6, 6.07) is 8.11. The third-order valence-electron chi connectivity index (χ3n) is 4.70. The van der Waals surface area contributed by atoms with Crippen molar-refractivity contribution in [3.63, 3.8) is 0 Å². The van der Waals surface area contributed by atoms with E-state index in [-0.39, 0.29) is 31.2 Å². The van der Waals surface area contributed by atoms with Crippen LogP contribution in [0.2, 0.25) is 0 Å². The maximum atomic E-state index is 14.2. The minimum Gasteiger partial charge on any atom is -0.497 e. The molecular weight excluding hydrogens is 473 g/mol. The van der Waals surface area contributed by atoms with Crippen LogP contribution in [-0.4, -0.2) is 70.7 Å². The summed E-state index contributed by atoms with van der Waals surface area (Å²) in [6.07, 6.45) is 0. The van der Waals surface area contributed by atoms with Gasteiger partial charge in [0.2, 0.25) is 10.0 Å². The number of hydrogen-bond donors (Lipinski definition) is 2. The van der Waals surface area contributed by atoms with Gasteiger partial charge in [0.15, 0.2) is 6.61 Å². The fraction of sp³-hybridized carbons (Fsp3) is 0.286. The van der Waals surface area contributed by atoms with Crippen molar-refractivity contribution >= 4 is 33.6 Å². The molecule has 2 aromatic rings. The number of rotatable bonds is 7. The Labute approximate surface area is 194 Å². The average molecular weight is 495 g/mol. The highest BCUT2D eigenvalue weighted by molar-refractivity contribution is 7.89. The first-order valence-electron chi connectivity index (χ1n) is 10.00. The van der Waals surface area contributed by atoms with Gasteiger partial charge in [-0.2, -0.15) is 4.31 Å². The topological polar surface area (TPSA) is 140 Å². The van der Waals surface area contributed by atoms with Gasteiger partial charge in [-0.1, -0.05) is 0 Å². The number of carbonyl (C=O) groups excluding carboxylic acids is 3. The van der Waals surface area contributed by atoms with Gasteiger partial charge in [0.05, 0.1) is 30.8 Å². The van der Waals surface area contributed by atoms with Crippen molar-refractivity contribution in [1.82, 2.24) is 9.62 Å². The van der Waals surface area contributed by atoms with E-state index < -0.39 is 45.9 Å². The second-order valence-corrected chi connectivity index (χ2v) is 8.90. The quantitative estimate of drug-likeness (QED) is 0.549. The summed E-state index contributed by atoms with van der Waals surface area (Å²) in [5.41, 5.74) is -0.284. The van der Waals surface area contributed by atoms with Crippen LogP contribution in [0.15, 0.2) is 47.4 Å². The van der Waals surface area contributed by atoms with Crippen LogP contribution < -0.4 is 15.4 Å². The van der Waals surface area contributed by atoms with Gasteiger partial charge in [0.25, 0.3) is 5.91 Å². The fourth-order valence-corrected chi connectivity index (χ4v) is 4.40. The molecule has 1 aliphatic rings. The molecule has 3 amide bonds. The van der Waals surface area contributed by atoms with Crippen LogP contribution >= 0.6 is 0 Å². The monoisotopic (exact) mass is 495 g/mol. The SMILES string of the molecule is COc1ccc(NC(=O)NC(=O)COC(=O)c2cc(S(=O)(=O)N3CCOCC3)ccc2F)cc1. The van der Waals surface area contributed by atoms with Crippen LogP contribution in [0.1, 0.15) is 10.4 Å². The molecule has 1 fully saturated rings. The number of carbonyl (C=O) groups is 3. The van der Waals surface area contributed by atoms with Crippen LogP contribution in [0.25, 0.3) is 0 Å². The highest BCUT2D eigenvalue weighted by Crippen LogP contribution is 2.21. The Hall–Kier alpha value is -3.55. The van der Waals surface area contributed by atoms with Gasteiger partial charge >= 0.3 is 12.0 Å². The average Bonchev–Trinajstić information content (AvgIpc) is 2.83. The predicted octanol–water partition coefficient (Wildman–Crippen LogP) is 1.36. The molecular formula is C21H22FN3O8S. The zero-order valence-electron chi connectivity index (χ0n) is 18.1. The van der Waals surface area contributed by atoms with Crippen LogP contribution in [0.5, 0.6) is 5.75 Å². The Balaban J connectivity index is 1.57. The Morgan fingerprint density at radius 3 is 2.41 bits per heavy atom. The number of amides is 3. The van der Waals surface area contributed by atoms with Gasteiger partial charge in [-0.3, -0.25) is 10.1 Å². The summed E-state index contributed by atoms with van der Waals surface area (Å²) in [5.74, 6) is -2.69. The normalized spacial score (nSPS) is 14.2. The summed E-state index contributed by atoms with van der Waals surface area (Å²) in [6.45, 7) is -0.210. The summed E-state index contributed by atoms with van der Waals surface area (Å²) in [7, 11) is -2.49. The van der Waals surface area contributed by atoms with E-state index >= 15 is 0 Å². The van der Waals surface area contributed by atoms with Crippen molar-refractivity contribution in [3.05, 3.63) is 53.8 Å². The van der Waals surface area contributed by atoms with Crippen LogP contribution in [-0.2, 0) is 24.3 Å². The lowest BCUT2D eigenvalue weighted by atomic mass is 10.2. The molecule has 0 saturated carbocycles. The molecule has 34 heavy (non-hydrogen) atoms. The van der Waals surface area contributed by atoms with E-state index in [1.54, 1.807) is 24.3 Å². The van der Waals surface area contributed by atoms with Gasteiger partial charge in [-0.25, -0.2) is 22.4 Å². The summed E-state index contributed by atoms with van der Waals surface area (Å²) in [5, 5.41) is 4.35. The molecule has 2 N–H and O–H groups in total. The molecule has 1 heterocycles. The molecule has 0 aromatic heterocycles. The molecule has 0 unspecified atom stereocenters. The number of morpholine rings is 1. The molecule has 0 radical (unpaired) electrons. The van der Waals surface area contributed by atoms with E-state index in [1.807, 2.05) is 5.32 Å². The Bertz CT molecular complexity index is 1170. The maximum Gasteiger partial charge on any atom is 0.341 e. The number of methoxy groups -OCH3 is 1. The number of halogens is 1. The lowest BCUT2D eigenvalue weighted by molar-refractivity contribution is -0.123. The van der Waals surface area contributed by atoms with Crippen molar-refractivity contribution in [1.29, 1.82) is 0 Å². The van der Waals surface area contributed by atoms with Crippen molar-refractivity contribution in [2.24, 2.45) is 0 Å². The Kier molecular flexibility index (Phi) is 8.15. The third kappa shape index (κ3) is 6.27. The molecule has 0 aliphatic carbocycles. The summed E-state index contributed by atoms with van der Waals surface area (Å²) >= 11 is 0. The van der Waals surface area contributed by atoms with Crippen LogP contribution in [0.4, 0.5) is 14.9 Å². The first-order chi connectivity index (χ1) is 16.2. The molecule has 182 valence electrons. The molecule has 1 aliphatic heterocycles. The number of imide groups is 1. The molecule has 0 atom stereocenters. The molecule has 13 heteroatoms. The summed E-state index contributed by atoms with van der Waals surface area (Å²) < 4.78 is 55.7. The maximum absolute atomic E-state index is 14.2. The number of anilines is 1. The van der Waals surface area contributed by atoms with E-state index in [0.29, 0.717) is 11.4 Å². The molecule has 2 aromatic carbocycles. The number of esters is 1. The Morgan fingerprint density at radius 1 is 1.09 bits per heavy atom. The van der Waals surface area contributed by atoms with Gasteiger partial charge in [0, 0.05) is 18.8 Å². The van der Waals surface area contributed by atoms with Gasteiger partial charge < -0.3 is 19.5 Å². The van der Waals surface area contributed by atoms with Gasteiger partial charge in [-0.15, -0.1) is 0 Å². The lowest BCUT2D eigenvalue weighted by Gasteiger charge is -2.26. The minimum absolute atomic E-state index is 0.123. The molecule has 3 rings (SSSR count). The largest absolute Gasteiger partial charge is 0.497 e. The van der Waals surface area contributed by atoms with Crippen LogP contribution in [0.3, 0.4) is 0 Å². The number of nitrogens with one attached hydrogen (secondary N) is 2. The number of ether oxygens (including phenoxy) is 3. The zero-order chi connectivity index (χ0) is 24.7. The third-order valence-corrected chi connectivity index (χ3v) is 6.60. The minimum atomic E-state index is -3.98. The number of sulfonamides is 1. The first kappa shape index (κ1) is 25.1. The fourth-order valence-electron chi connectivity index (χ4n) is 2.97. The molecule has 0 bridgehead atoms. The first-order valence-corrected chi connectivity index (χ1v) is 11.4. The predicted molar refractivity (Wildman–Crippen MR) is 116 cm³/mol. The number of hydrogen-bond acceptors (Lipinski definition) is 8. The molecule has 11 nitrogen and oxygen atoms in total.